The lowest BCUT2D eigenvalue weighted by atomic mass is 10.0. The summed E-state index contributed by atoms with van der Waals surface area (Å²) in [4.78, 5) is 42.7. The Balaban J connectivity index is 4.07. The molecule has 0 saturated heterocycles. The number of unbranched alkanes of at least 4 members (excludes halogenated alkanes) is 16. The molecule has 0 rings (SSSR count). The number of ether oxygens (including phenoxy) is 2. The molecule has 0 bridgehead atoms. The van der Waals surface area contributed by atoms with Crippen molar-refractivity contribution in [3.05, 3.63) is 48.6 Å². The standard InChI is InChI=1S/C41H73O9P/c1-3-5-7-8-9-10-11-12-13-14-18-21-24-27-30-34-40(43)48-36-39(37-49-51(45,46)47)50-41(44)35-31-28-25-22-19-16-15-17-20-23-26-29-33-38(42)32-6-4-2/h15-16,20,22-23,25,29,33,38-39,42H,3-14,17-19,21,24,26-28,30-32,34-37H2,1-2H3,(H2,45,46,47)/b16-15-,23-20-,25-22-,33-29-/t38-,39-/m1/s1. The van der Waals surface area contributed by atoms with E-state index in [2.05, 4.69) is 42.7 Å². The smallest absolute Gasteiger partial charge is 0.462 e. The minimum absolute atomic E-state index is 0.120. The van der Waals surface area contributed by atoms with Gasteiger partial charge in [0.15, 0.2) is 6.10 Å². The van der Waals surface area contributed by atoms with Crippen LogP contribution in [0, 0.1) is 0 Å². The zero-order valence-corrected chi connectivity index (χ0v) is 33.0. The van der Waals surface area contributed by atoms with Crippen molar-refractivity contribution < 1.29 is 43.0 Å². The van der Waals surface area contributed by atoms with Crippen LogP contribution in [0.2, 0.25) is 0 Å². The molecule has 9 nitrogen and oxygen atoms in total. The van der Waals surface area contributed by atoms with E-state index in [-0.39, 0.29) is 25.6 Å². The maximum Gasteiger partial charge on any atom is 0.469 e. The summed E-state index contributed by atoms with van der Waals surface area (Å²) >= 11 is 0. The van der Waals surface area contributed by atoms with Gasteiger partial charge >= 0.3 is 19.8 Å². The van der Waals surface area contributed by atoms with E-state index in [1.165, 1.54) is 77.0 Å². The van der Waals surface area contributed by atoms with Crippen molar-refractivity contribution in [3.8, 4) is 0 Å². The summed E-state index contributed by atoms with van der Waals surface area (Å²) in [5.41, 5.74) is 0. The third kappa shape index (κ3) is 39.0. The molecule has 0 fully saturated rings. The number of aliphatic hydroxyl groups excluding tert-OH is 1. The Kier molecular flexibility index (Phi) is 34.9. The Hall–Kier alpha value is -2.03. The minimum atomic E-state index is -4.78. The number of phosphoric acid groups is 1. The first-order valence-corrected chi connectivity index (χ1v) is 21.6. The van der Waals surface area contributed by atoms with E-state index in [9.17, 15) is 19.3 Å². The van der Waals surface area contributed by atoms with Crippen LogP contribution in [0.15, 0.2) is 48.6 Å². The topological polar surface area (TPSA) is 140 Å². The second-order valence-corrected chi connectivity index (χ2v) is 14.7. The Morgan fingerprint density at radius 1 is 0.588 bits per heavy atom. The van der Waals surface area contributed by atoms with Crippen LogP contribution in [0.3, 0.4) is 0 Å². The molecule has 0 spiro atoms. The van der Waals surface area contributed by atoms with Crippen LogP contribution in [-0.4, -0.2) is 52.3 Å². The maximum atomic E-state index is 12.4. The molecule has 51 heavy (non-hydrogen) atoms. The van der Waals surface area contributed by atoms with Gasteiger partial charge in [-0.3, -0.25) is 14.1 Å². The summed E-state index contributed by atoms with van der Waals surface area (Å²) in [5.74, 6) is -0.971. The van der Waals surface area contributed by atoms with Gasteiger partial charge in [0.1, 0.15) is 6.61 Å². The highest BCUT2D eigenvalue weighted by molar-refractivity contribution is 7.46. The van der Waals surface area contributed by atoms with Crippen LogP contribution in [0.4, 0.5) is 0 Å². The van der Waals surface area contributed by atoms with Gasteiger partial charge in [0.25, 0.3) is 0 Å². The maximum absolute atomic E-state index is 12.4. The molecular formula is C41H73O9P. The van der Waals surface area contributed by atoms with E-state index < -0.39 is 32.5 Å². The van der Waals surface area contributed by atoms with Crippen molar-refractivity contribution >= 4 is 19.8 Å². The molecule has 0 heterocycles. The molecule has 0 aromatic heterocycles. The summed E-state index contributed by atoms with van der Waals surface area (Å²) in [5, 5.41) is 9.78. The fourth-order valence-electron chi connectivity index (χ4n) is 5.38. The molecule has 0 aliphatic heterocycles. The molecule has 0 aromatic rings. The SMILES string of the molecule is CCCCCCCCCCCCCCCCCC(=O)OC[C@H](COP(=O)(O)O)OC(=O)CCC/C=C\C/C=C\C/C=C\C/C=C\[C@H](O)CCCC. The van der Waals surface area contributed by atoms with E-state index in [1.54, 1.807) is 0 Å². The van der Waals surface area contributed by atoms with Gasteiger partial charge in [0, 0.05) is 12.8 Å². The average Bonchev–Trinajstić information content (AvgIpc) is 3.09. The number of aliphatic hydroxyl groups is 1. The Morgan fingerprint density at radius 3 is 1.59 bits per heavy atom. The van der Waals surface area contributed by atoms with E-state index >= 15 is 0 Å². The number of carbonyl (C=O) groups is 2. The largest absolute Gasteiger partial charge is 0.469 e. The van der Waals surface area contributed by atoms with Crippen LogP contribution in [0.25, 0.3) is 0 Å². The number of esters is 2. The van der Waals surface area contributed by atoms with Gasteiger partial charge < -0.3 is 24.4 Å². The molecule has 0 amide bonds. The summed E-state index contributed by atoms with van der Waals surface area (Å²) in [6.45, 7) is 3.48. The first kappa shape index (κ1) is 49.0. The molecule has 10 heteroatoms. The zero-order chi connectivity index (χ0) is 37.7. The summed E-state index contributed by atoms with van der Waals surface area (Å²) in [7, 11) is -4.78. The number of phosphoric ester groups is 1. The van der Waals surface area contributed by atoms with Gasteiger partial charge in [0.05, 0.1) is 12.7 Å². The Morgan fingerprint density at radius 2 is 1.06 bits per heavy atom. The first-order valence-electron chi connectivity index (χ1n) is 20.0. The highest BCUT2D eigenvalue weighted by atomic mass is 31.2. The van der Waals surface area contributed by atoms with E-state index in [0.717, 1.165) is 51.4 Å². The molecule has 0 aromatic carbocycles. The molecule has 2 atom stereocenters. The van der Waals surface area contributed by atoms with Gasteiger partial charge in [-0.25, -0.2) is 4.57 Å². The van der Waals surface area contributed by atoms with Crippen LogP contribution in [-0.2, 0) is 28.2 Å². The van der Waals surface area contributed by atoms with Crippen molar-refractivity contribution in [3.63, 3.8) is 0 Å². The van der Waals surface area contributed by atoms with Crippen molar-refractivity contribution in [1.29, 1.82) is 0 Å². The van der Waals surface area contributed by atoms with Gasteiger partial charge in [-0.05, 0) is 44.9 Å². The Bertz CT molecular complexity index is 986. The van der Waals surface area contributed by atoms with Crippen molar-refractivity contribution in [2.75, 3.05) is 13.2 Å². The fourth-order valence-corrected chi connectivity index (χ4v) is 5.74. The number of carbonyl (C=O) groups excluding carboxylic acids is 2. The van der Waals surface area contributed by atoms with E-state index in [1.807, 2.05) is 24.3 Å². The summed E-state index contributed by atoms with van der Waals surface area (Å²) < 4.78 is 26.3. The zero-order valence-electron chi connectivity index (χ0n) is 32.1. The third-order valence-corrected chi connectivity index (χ3v) is 8.91. The minimum Gasteiger partial charge on any atom is -0.462 e. The molecular weight excluding hydrogens is 667 g/mol. The van der Waals surface area contributed by atoms with Gasteiger partial charge in [-0.1, -0.05) is 165 Å². The molecule has 0 saturated carbocycles. The van der Waals surface area contributed by atoms with Crippen molar-refractivity contribution in [2.45, 2.75) is 187 Å². The predicted molar refractivity (Wildman–Crippen MR) is 208 cm³/mol. The second-order valence-electron chi connectivity index (χ2n) is 13.4. The van der Waals surface area contributed by atoms with Crippen LogP contribution >= 0.6 is 7.82 Å². The molecule has 0 aliphatic carbocycles. The van der Waals surface area contributed by atoms with E-state index in [0.29, 0.717) is 19.3 Å². The number of allylic oxidation sites excluding steroid dienone is 7. The van der Waals surface area contributed by atoms with Gasteiger partial charge in [-0.15, -0.1) is 0 Å². The lowest BCUT2D eigenvalue weighted by Gasteiger charge is -2.18. The quantitative estimate of drug-likeness (QED) is 0.0248. The molecule has 3 N–H and O–H groups in total. The normalized spacial score (nSPS) is 13.6. The van der Waals surface area contributed by atoms with Crippen LogP contribution < -0.4 is 0 Å². The van der Waals surface area contributed by atoms with Gasteiger partial charge in [-0.2, -0.15) is 0 Å². The highest BCUT2D eigenvalue weighted by Crippen LogP contribution is 2.36. The lowest BCUT2D eigenvalue weighted by Crippen LogP contribution is -2.29. The molecule has 296 valence electrons. The van der Waals surface area contributed by atoms with Crippen molar-refractivity contribution in [2.24, 2.45) is 0 Å². The summed E-state index contributed by atoms with van der Waals surface area (Å²) in [6, 6.07) is 0. The molecule has 0 aliphatic rings. The third-order valence-electron chi connectivity index (χ3n) is 8.42. The summed E-state index contributed by atoms with van der Waals surface area (Å²) in [6.07, 6.45) is 40.3. The second kappa shape index (κ2) is 36.3. The number of hydrogen-bond acceptors (Lipinski definition) is 7. The van der Waals surface area contributed by atoms with Crippen LogP contribution in [0.5, 0.6) is 0 Å². The number of hydrogen-bond donors (Lipinski definition) is 3. The molecule has 0 unspecified atom stereocenters. The lowest BCUT2D eigenvalue weighted by molar-refractivity contribution is -0.161. The fraction of sp³-hybridized carbons (Fsp3) is 0.756. The number of rotatable bonds is 36. The molecule has 0 radical (unpaired) electrons. The average molecular weight is 741 g/mol. The monoisotopic (exact) mass is 740 g/mol. The van der Waals surface area contributed by atoms with Gasteiger partial charge in [0.2, 0.25) is 0 Å². The predicted octanol–water partition coefficient (Wildman–Crippen LogP) is 10.9. The Labute approximate surface area is 310 Å². The van der Waals surface area contributed by atoms with E-state index in [4.69, 9.17) is 19.3 Å². The highest BCUT2D eigenvalue weighted by Gasteiger charge is 2.22. The van der Waals surface area contributed by atoms with Crippen LogP contribution in [0.1, 0.15) is 174 Å². The first-order chi connectivity index (χ1) is 24.7. The van der Waals surface area contributed by atoms with Crippen molar-refractivity contribution in [1.82, 2.24) is 0 Å².